The zero-order valence-corrected chi connectivity index (χ0v) is 11.2. The number of carbonyl (C=O) groups is 1. The molecule has 3 unspecified atom stereocenters. The molecule has 3 atom stereocenters. The van der Waals surface area contributed by atoms with Crippen LogP contribution in [0.15, 0.2) is 16.8 Å². The number of nitrogens with one attached hydrogen (secondary N) is 1. The molecule has 0 saturated heterocycles. The lowest BCUT2D eigenvalue weighted by Gasteiger charge is -2.10. The summed E-state index contributed by atoms with van der Waals surface area (Å²) in [6, 6.07) is 1.90. The van der Waals surface area contributed by atoms with Crippen LogP contribution in [0.1, 0.15) is 37.4 Å². The summed E-state index contributed by atoms with van der Waals surface area (Å²) in [6.45, 7) is 0.339. The van der Waals surface area contributed by atoms with Crippen molar-refractivity contribution in [2.75, 3.05) is 6.54 Å². The van der Waals surface area contributed by atoms with Gasteiger partial charge < -0.3 is 10.4 Å². The van der Waals surface area contributed by atoms with E-state index in [1.165, 1.54) is 25.7 Å². The molecule has 2 aliphatic rings. The molecule has 0 bridgehead atoms. The second-order valence-electron chi connectivity index (χ2n) is 5.46. The number of amides is 1. The van der Waals surface area contributed by atoms with Gasteiger partial charge >= 0.3 is 0 Å². The summed E-state index contributed by atoms with van der Waals surface area (Å²) in [7, 11) is 0. The van der Waals surface area contributed by atoms with Crippen LogP contribution in [0.3, 0.4) is 0 Å². The Morgan fingerprint density at radius 3 is 2.78 bits per heavy atom. The molecule has 2 fully saturated rings. The van der Waals surface area contributed by atoms with Gasteiger partial charge in [0.2, 0.25) is 5.91 Å². The molecular formula is C14H19NO2S. The summed E-state index contributed by atoms with van der Waals surface area (Å²) >= 11 is 1.56. The summed E-state index contributed by atoms with van der Waals surface area (Å²) in [5, 5.41) is 16.7. The smallest absolute Gasteiger partial charge is 0.223 e. The van der Waals surface area contributed by atoms with Crippen LogP contribution in [-0.4, -0.2) is 17.6 Å². The second-order valence-corrected chi connectivity index (χ2v) is 6.24. The SMILES string of the molecule is O=C(NCC(O)c1ccsc1)C1C2CCCCC21. The number of rotatable bonds is 4. The van der Waals surface area contributed by atoms with Crippen LogP contribution in [0.4, 0.5) is 0 Å². The van der Waals surface area contributed by atoms with Crippen molar-refractivity contribution in [2.45, 2.75) is 31.8 Å². The Morgan fingerprint density at radius 2 is 2.17 bits per heavy atom. The van der Waals surface area contributed by atoms with Gasteiger partial charge in [0.15, 0.2) is 0 Å². The molecule has 1 heterocycles. The Labute approximate surface area is 111 Å². The topological polar surface area (TPSA) is 49.3 Å². The zero-order valence-electron chi connectivity index (χ0n) is 10.3. The van der Waals surface area contributed by atoms with Gasteiger partial charge in [-0.05, 0) is 47.1 Å². The molecule has 0 aromatic carbocycles. The normalized spacial score (nSPS) is 31.5. The summed E-state index contributed by atoms with van der Waals surface area (Å²) in [4.78, 5) is 12.0. The van der Waals surface area contributed by atoms with Crippen molar-refractivity contribution in [1.29, 1.82) is 0 Å². The zero-order chi connectivity index (χ0) is 12.5. The van der Waals surface area contributed by atoms with Crippen molar-refractivity contribution in [1.82, 2.24) is 5.32 Å². The van der Waals surface area contributed by atoms with Gasteiger partial charge in [-0.2, -0.15) is 11.3 Å². The van der Waals surface area contributed by atoms with Crippen LogP contribution in [0.25, 0.3) is 0 Å². The predicted molar refractivity (Wildman–Crippen MR) is 71.2 cm³/mol. The molecule has 3 rings (SSSR count). The van der Waals surface area contributed by atoms with Gasteiger partial charge in [-0.25, -0.2) is 0 Å². The first-order valence-electron chi connectivity index (χ1n) is 6.75. The molecule has 0 spiro atoms. The second kappa shape index (κ2) is 5.02. The molecule has 2 saturated carbocycles. The molecule has 2 N–H and O–H groups in total. The molecular weight excluding hydrogens is 246 g/mol. The van der Waals surface area contributed by atoms with Crippen LogP contribution in [0, 0.1) is 17.8 Å². The van der Waals surface area contributed by atoms with Gasteiger partial charge in [0.05, 0.1) is 6.10 Å². The van der Waals surface area contributed by atoms with E-state index in [2.05, 4.69) is 5.32 Å². The Morgan fingerprint density at radius 1 is 1.44 bits per heavy atom. The highest BCUT2D eigenvalue weighted by Gasteiger charge is 2.54. The third kappa shape index (κ3) is 2.31. The van der Waals surface area contributed by atoms with E-state index in [0.717, 1.165) is 5.56 Å². The van der Waals surface area contributed by atoms with E-state index >= 15 is 0 Å². The van der Waals surface area contributed by atoms with Gasteiger partial charge in [0.1, 0.15) is 0 Å². The van der Waals surface area contributed by atoms with Gasteiger partial charge in [-0.15, -0.1) is 0 Å². The highest BCUT2D eigenvalue weighted by molar-refractivity contribution is 7.07. The summed E-state index contributed by atoms with van der Waals surface area (Å²) < 4.78 is 0. The fraction of sp³-hybridized carbons (Fsp3) is 0.643. The Balaban J connectivity index is 1.48. The van der Waals surface area contributed by atoms with Crippen LogP contribution in [0.2, 0.25) is 0 Å². The lowest BCUT2D eigenvalue weighted by Crippen LogP contribution is -2.30. The van der Waals surface area contributed by atoms with Gasteiger partial charge in [-0.1, -0.05) is 12.8 Å². The van der Waals surface area contributed by atoms with E-state index in [9.17, 15) is 9.90 Å². The number of aliphatic hydroxyl groups excluding tert-OH is 1. The first kappa shape index (κ1) is 12.2. The van der Waals surface area contributed by atoms with Crippen molar-refractivity contribution >= 4 is 17.2 Å². The van der Waals surface area contributed by atoms with Crippen LogP contribution >= 0.6 is 11.3 Å². The maximum absolute atomic E-state index is 12.0. The van der Waals surface area contributed by atoms with Gasteiger partial charge in [0.25, 0.3) is 0 Å². The standard InChI is InChI=1S/C14H19NO2S/c16-12(9-5-6-18-8-9)7-15-14(17)13-10-3-1-2-4-11(10)13/h5-6,8,10-13,16H,1-4,7H2,(H,15,17). The largest absolute Gasteiger partial charge is 0.387 e. The fourth-order valence-electron chi connectivity index (χ4n) is 3.28. The van der Waals surface area contributed by atoms with Crippen molar-refractivity contribution in [2.24, 2.45) is 17.8 Å². The first-order chi connectivity index (χ1) is 8.77. The minimum atomic E-state index is -0.569. The molecule has 1 aromatic heterocycles. The van der Waals surface area contributed by atoms with Crippen molar-refractivity contribution < 1.29 is 9.90 Å². The average molecular weight is 265 g/mol. The number of carbonyl (C=O) groups excluding carboxylic acids is 1. The van der Waals surface area contributed by atoms with Crippen molar-refractivity contribution in [3.8, 4) is 0 Å². The average Bonchev–Trinajstić information content (AvgIpc) is 2.85. The highest BCUT2D eigenvalue weighted by Crippen LogP contribution is 2.55. The van der Waals surface area contributed by atoms with E-state index in [1.807, 2.05) is 16.8 Å². The molecule has 1 amide bonds. The van der Waals surface area contributed by atoms with E-state index in [1.54, 1.807) is 11.3 Å². The van der Waals surface area contributed by atoms with E-state index in [4.69, 9.17) is 0 Å². The van der Waals surface area contributed by atoms with Gasteiger partial charge in [0, 0.05) is 12.5 Å². The number of thiophene rings is 1. The van der Waals surface area contributed by atoms with Crippen molar-refractivity contribution in [3.05, 3.63) is 22.4 Å². The fourth-order valence-corrected chi connectivity index (χ4v) is 3.99. The van der Waals surface area contributed by atoms with Crippen LogP contribution in [-0.2, 0) is 4.79 Å². The Kier molecular flexibility index (Phi) is 3.39. The predicted octanol–water partition coefficient (Wildman–Crippen LogP) is 2.33. The van der Waals surface area contributed by atoms with Crippen LogP contribution < -0.4 is 5.32 Å². The minimum Gasteiger partial charge on any atom is -0.387 e. The summed E-state index contributed by atoms with van der Waals surface area (Å²) in [5.74, 6) is 1.66. The lowest BCUT2D eigenvalue weighted by molar-refractivity contribution is -0.123. The highest BCUT2D eigenvalue weighted by atomic mass is 32.1. The quantitative estimate of drug-likeness (QED) is 0.878. The summed E-state index contributed by atoms with van der Waals surface area (Å²) in [6.07, 6.45) is 4.43. The number of hydrogen-bond donors (Lipinski definition) is 2. The Hall–Kier alpha value is -0.870. The van der Waals surface area contributed by atoms with E-state index in [-0.39, 0.29) is 11.8 Å². The molecule has 2 aliphatic carbocycles. The molecule has 18 heavy (non-hydrogen) atoms. The van der Waals surface area contributed by atoms with Crippen LogP contribution in [0.5, 0.6) is 0 Å². The molecule has 1 aromatic rings. The Bertz CT molecular complexity index is 405. The molecule has 4 heteroatoms. The number of aliphatic hydroxyl groups is 1. The maximum Gasteiger partial charge on any atom is 0.223 e. The third-order valence-corrected chi connectivity index (χ3v) is 5.06. The number of hydrogen-bond acceptors (Lipinski definition) is 3. The molecule has 3 nitrogen and oxygen atoms in total. The van der Waals surface area contributed by atoms with E-state index < -0.39 is 6.10 Å². The van der Waals surface area contributed by atoms with Crippen molar-refractivity contribution in [3.63, 3.8) is 0 Å². The van der Waals surface area contributed by atoms with Gasteiger partial charge in [-0.3, -0.25) is 4.79 Å². The maximum atomic E-state index is 12.0. The third-order valence-electron chi connectivity index (χ3n) is 4.36. The summed E-state index contributed by atoms with van der Waals surface area (Å²) in [5.41, 5.74) is 0.897. The first-order valence-corrected chi connectivity index (χ1v) is 7.69. The number of fused-ring (bicyclic) bond motifs is 1. The van der Waals surface area contributed by atoms with E-state index in [0.29, 0.717) is 18.4 Å². The molecule has 98 valence electrons. The molecule has 0 radical (unpaired) electrons. The minimum absolute atomic E-state index is 0.154. The lowest BCUT2D eigenvalue weighted by atomic mass is 10.0. The monoisotopic (exact) mass is 265 g/mol. The molecule has 0 aliphatic heterocycles.